The summed E-state index contributed by atoms with van der Waals surface area (Å²) in [4.78, 5) is 15.4. The lowest BCUT2D eigenvalue weighted by Gasteiger charge is -2.19. The van der Waals surface area contributed by atoms with Gasteiger partial charge in [-0.15, -0.1) is 0 Å². The third kappa shape index (κ3) is 6.76. The van der Waals surface area contributed by atoms with Crippen LogP contribution in [0.25, 0.3) is 0 Å². The molecule has 19 heavy (non-hydrogen) atoms. The number of pyridine rings is 1. The van der Waals surface area contributed by atoms with Crippen LogP contribution in [0.2, 0.25) is 0 Å². The Kier molecular flexibility index (Phi) is 5.76. The van der Waals surface area contributed by atoms with Crippen LogP contribution in [0.4, 0.5) is 4.79 Å². The second kappa shape index (κ2) is 7.09. The first-order valence-corrected chi connectivity index (χ1v) is 6.51. The first kappa shape index (κ1) is 15.4. The summed E-state index contributed by atoms with van der Waals surface area (Å²) in [5.41, 5.74) is 6.58. The van der Waals surface area contributed by atoms with Gasteiger partial charge < -0.3 is 15.8 Å². The minimum Gasteiger partial charge on any atom is -0.444 e. The molecule has 0 aliphatic rings. The molecule has 0 bridgehead atoms. The summed E-state index contributed by atoms with van der Waals surface area (Å²) in [6.45, 7) is 6.07. The van der Waals surface area contributed by atoms with Gasteiger partial charge in [-0.2, -0.15) is 0 Å². The number of nitrogens with one attached hydrogen (secondary N) is 1. The van der Waals surface area contributed by atoms with Crippen LogP contribution in [0, 0.1) is 0 Å². The molecule has 0 aromatic carbocycles. The molecular formula is C14H23N3O2. The van der Waals surface area contributed by atoms with Gasteiger partial charge in [-0.25, -0.2) is 4.79 Å². The minimum atomic E-state index is -0.462. The van der Waals surface area contributed by atoms with Crippen molar-refractivity contribution in [2.75, 3.05) is 6.54 Å². The van der Waals surface area contributed by atoms with Gasteiger partial charge in [-0.05, 0) is 45.2 Å². The SMILES string of the molecule is CC(C)(C)OC(=O)NCCC[C@@H](N)c1cccnc1. The van der Waals surface area contributed by atoms with Gasteiger partial charge in [0.25, 0.3) is 0 Å². The van der Waals surface area contributed by atoms with Crippen molar-refractivity contribution in [1.82, 2.24) is 10.3 Å². The Hall–Kier alpha value is -1.62. The number of hydrogen-bond acceptors (Lipinski definition) is 4. The van der Waals surface area contributed by atoms with E-state index in [9.17, 15) is 4.79 Å². The number of ether oxygens (including phenoxy) is 1. The number of aromatic nitrogens is 1. The number of rotatable bonds is 5. The van der Waals surface area contributed by atoms with E-state index in [2.05, 4.69) is 10.3 Å². The summed E-state index contributed by atoms with van der Waals surface area (Å²) in [5, 5.41) is 2.71. The van der Waals surface area contributed by atoms with E-state index in [1.54, 1.807) is 12.4 Å². The maximum absolute atomic E-state index is 11.4. The lowest BCUT2D eigenvalue weighted by Crippen LogP contribution is -2.33. The molecule has 5 nitrogen and oxygen atoms in total. The molecule has 0 aliphatic heterocycles. The highest BCUT2D eigenvalue weighted by Gasteiger charge is 2.15. The van der Waals surface area contributed by atoms with Crippen LogP contribution < -0.4 is 11.1 Å². The van der Waals surface area contributed by atoms with Gasteiger partial charge in [0.2, 0.25) is 0 Å². The van der Waals surface area contributed by atoms with Crippen LogP contribution in [0.5, 0.6) is 0 Å². The second-order valence-corrected chi connectivity index (χ2v) is 5.46. The lowest BCUT2D eigenvalue weighted by atomic mass is 10.1. The van der Waals surface area contributed by atoms with E-state index in [1.807, 2.05) is 32.9 Å². The molecule has 0 saturated carbocycles. The lowest BCUT2D eigenvalue weighted by molar-refractivity contribution is 0.0526. The Labute approximate surface area is 114 Å². The Balaban J connectivity index is 2.19. The number of nitrogens with zero attached hydrogens (tertiary/aromatic N) is 1. The minimum absolute atomic E-state index is 0.0471. The molecule has 1 rings (SSSR count). The number of carbonyl (C=O) groups is 1. The monoisotopic (exact) mass is 265 g/mol. The predicted molar refractivity (Wildman–Crippen MR) is 74.6 cm³/mol. The van der Waals surface area contributed by atoms with Gasteiger partial charge in [0, 0.05) is 25.0 Å². The van der Waals surface area contributed by atoms with Gasteiger partial charge in [-0.1, -0.05) is 6.07 Å². The second-order valence-electron chi connectivity index (χ2n) is 5.46. The smallest absolute Gasteiger partial charge is 0.407 e. The molecule has 0 spiro atoms. The third-order valence-electron chi connectivity index (χ3n) is 2.47. The molecule has 5 heteroatoms. The fourth-order valence-electron chi connectivity index (χ4n) is 1.59. The summed E-state index contributed by atoms with van der Waals surface area (Å²) in [5.74, 6) is 0. The number of alkyl carbamates (subject to hydrolysis) is 1. The number of carbonyl (C=O) groups excluding carboxylic acids is 1. The molecule has 1 amide bonds. The van der Waals surface area contributed by atoms with Crippen LogP contribution in [0.3, 0.4) is 0 Å². The standard InChI is InChI=1S/C14H23N3O2/c1-14(2,3)19-13(18)17-9-5-7-12(15)11-6-4-8-16-10-11/h4,6,8,10,12H,5,7,9,15H2,1-3H3,(H,17,18)/t12-/m1/s1. The van der Waals surface area contributed by atoms with Crippen LogP contribution in [0.1, 0.15) is 45.2 Å². The van der Waals surface area contributed by atoms with Gasteiger partial charge >= 0.3 is 6.09 Å². The molecule has 1 aromatic rings. The van der Waals surface area contributed by atoms with E-state index < -0.39 is 5.60 Å². The zero-order valence-corrected chi connectivity index (χ0v) is 11.8. The van der Waals surface area contributed by atoms with E-state index in [0.717, 1.165) is 18.4 Å². The predicted octanol–water partition coefficient (Wildman–Crippen LogP) is 2.39. The molecular weight excluding hydrogens is 242 g/mol. The highest BCUT2D eigenvalue weighted by molar-refractivity contribution is 5.67. The normalized spacial score (nSPS) is 12.8. The fraction of sp³-hybridized carbons (Fsp3) is 0.571. The van der Waals surface area contributed by atoms with Crippen molar-refractivity contribution in [1.29, 1.82) is 0 Å². The molecule has 0 unspecified atom stereocenters. The Morgan fingerprint density at radius 1 is 1.53 bits per heavy atom. The van der Waals surface area contributed by atoms with E-state index in [0.29, 0.717) is 6.54 Å². The number of nitrogens with two attached hydrogens (primary N) is 1. The maximum atomic E-state index is 11.4. The van der Waals surface area contributed by atoms with Crippen LogP contribution >= 0.6 is 0 Å². The summed E-state index contributed by atoms with van der Waals surface area (Å²) in [6.07, 6.45) is 4.70. The van der Waals surface area contributed by atoms with Crippen molar-refractivity contribution < 1.29 is 9.53 Å². The average molecular weight is 265 g/mol. The summed E-state index contributed by atoms with van der Waals surface area (Å²) in [6, 6.07) is 3.78. The molecule has 0 fully saturated rings. The largest absolute Gasteiger partial charge is 0.444 e. The zero-order valence-electron chi connectivity index (χ0n) is 11.8. The van der Waals surface area contributed by atoms with Crippen molar-refractivity contribution >= 4 is 6.09 Å². The van der Waals surface area contributed by atoms with Crippen LogP contribution in [0.15, 0.2) is 24.5 Å². The highest BCUT2D eigenvalue weighted by atomic mass is 16.6. The number of amides is 1. The summed E-state index contributed by atoms with van der Waals surface area (Å²) >= 11 is 0. The van der Waals surface area contributed by atoms with Crippen molar-refractivity contribution in [3.63, 3.8) is 0 Å². The fourth-order valence-corrected chi connectivity index (χ4v) is 1.59. The van der Waals surface area contributed by atoms with E-state index in [-0.39, 0.29) is 12.1 Å². The molecule has 0 radical (unpaired) electrons. The first-order valence-electron chi connectivity index (χ1n) is 6.51. The van der Waals surface area contributed by atoms with Crippen molar-refractivity contribution in [3.8, 4) is 0 Å². The van der Waals surface area contributed by atoms with Gasteiger partial charge in [0.1, 0.15) is 5.60 Å². The van der Waals surface area contributed by atoms with Crippen LogP contribution in [-0.2, 0) is 4.74 Å². The topological polar surface area (TPSA) is 77.2 Å². The van der Waals surface area contributed by atoms with E-state index >= 15 is 0 Å². The first-order chi connectivity index (χ1) is 8.88. The molecule has 0 saturated heterocycles. The molecule has 3 N–H and O–H groups in total. The quantitative estimate of drug-likeness (QED) is 0.801. The number of hydrogen-bond donors (Lipinski definition) is 2. The maximum Gasteiger partial charge on any atom is 0.407 e. The zero-order chi connectivity index (χ0) is 14.3. The average Bonchev–Trinajstić information content (AvgIpc) is 2.33. The van der Waals surface area contributed by atoms with Crippen molar-refractivity contribution in [2.45, 2.75) is 45.3 Å². The molecule has 1 aromatic heterocycles. The van der Waals surface area contributed by atoms with Crippen molar-refractivity contribution in [2.24, 2.45) is 5.73 Å². The third-order valence-corrected chi connectivity index (χ3v) is 2.47. The Bertz CT molecular complexity index is 387. The van der Waals surface area contributed by atoms with Crippen LogP contribution in [-0.4, -0.2) is 23.2 Å². The molecule has 1 heterocycles. The van der Waals surface area contributed by atoms with Gasteiger partial charge in [0.05, 0.1) is 0 Å². The Morgan fingerprint density at radius 2 is 2.26 bits per heavy atom. The Morgan fingerprint density at radius 3 is 2.84 bits per heavy atom. The summed E-state index contributed by atoms with van der Waals surface area (Å²) in [7, 11) is 0. The van der Waals surface area contributed by atoms with Crippen molar-refractivity contribution in [3.05, 3.63) is 30.1 Å². The summed E-state index contributed by atoms with van der Waals surface area (Å²) < 4.78 is 5.14. The molecule has 106 valence electrons. The molecule has 1 atom stereocenters. The van der Waals surface area contributed by atoms with Gasteiger partial charge in [-0.3, -0.25) is 4.98 Å². The van der Waals surface area contributed by atoms with Gasteiger partial charge in [0.15, 0.2) is 0 Å². The van der Waals surface area contributed by atoms with E-state index in [1.165, 1.54) is 0 Å². The highest BCUT2D eigenvalue weighted by Crippen LogP contribution is 2.13. The molecule has 0 aliphatic carbocycles. The van der Waals surface area contributed by atoms with E-state index in [4.69, 9.17) is 10.5 Å².